The Balaban J connectivity index is 1.97. The van der Waals surface area contributed by atoms with Crippen LogP contribution in [0.4, 0.5) is 5.95 Å². The van der Waals surface area contributed by atoms with E-state index in [1.165, 1.54) is 29.8 Å². The third-order valence-corrected chi connectivity index (χ3v) is 3.42. The first-order valence-electron chi connectivity index (χ1n) is 6.61. The van der Waals surface area contributed by atoms with Crippen LogP contribution in [0.15, 0.2) is 0 Å². The maximum absolute atomic E-state index is 4.70. The molecule has 4 nitrogen and oxygen atoms in total. The van der Waals surface area contributed by atoms with Gasteiger partial charge in [-0.3, -0.25) is 0 Å². The first-order chi connectivity index (χ1) is 8.24. The van der Waals surface area contributed by atoms with Gasteiger partial charge in [0.05, 0.1) is 11.4 Å². The van der Waals surface area contributed by atoms with E-state index >= 15 is 0 Å². The fourth-order valence-corrected chi connectivity index (χ4v) is 2.32. The molecule has 2 aliphatic rings. The smallest absolute Gasteiger partial charge is 0.223 e. The van der Waals surface area contributed by atoms with E-state index in [1.54, 1.807) is 0 Å². The summed E-state index contributed by atoms with van der Waals surface area (Å²) in [7, 11) is 0. The number of nitrogens with one attached hydrogen (secondary N) is 2. The Morgan fingerprint density at radius 2 is 2.12 bits per heavy atom. The lowest BCUT2D eigenvalue weighted by Crippen LogP contribution is -2.27. The molecular weight excluding hydrogens is 212 g/mol. The fourth-order valence-electron chi connectivity index (χ4n) is 2.32. The first kappa shape index (κ1) is 11.0. The molecule has 1 aliphatic heterocycles. The van der Waals surface area contributed by atoms with E-state index in [9.17, 15) is 0 Å². The van der Waals surface area contributed by atoms with E-state index in [2.05, 4.69) is 29.5 Å². The average molecular weight is 232 g/mol. The van der Waals surface area contributed by atoms with Gasteiger partial charge < -0.3 is 10.6 Å². The van der Waals surface area contributed by atoms with Crippen LogP contribution in [-0.2, 0) is 13.0 Å². The minimum absolute atomic E-state index is 0.464. The van der Waals surface area contributed by atoms with E-state index in [4.69, 9.17) is 4.98 Å². The maximum Gasteiger partial charge on any atom is 0.223 e. The standard InChI is InChI=1S/C13H20N4/c1-8(2)12-10-7-14-6-5-11(10)16-13(17-12)15-9-3-4-9/h8-9,14H,3-7H2,1-2H3,(H,15,16,17). The van der Waals surface area contributed by atoms with E-state index in [-0.39, 0.29) is 0 Å². The van der Waals surface area contributed by atoms with Crippen LogP contribution in [0, 0.1) is 0 Å². The van der Waals surface area contributed by atoms with Crippen molar-refractivity contribution in [3.63, 3.8) is 0 Å². The van der Waals surface area contributed by atoms with Crippen LogP contribution in [0.25, 0.3) is 0 Å². The summed E-state index contributed by atoms with van der Waals surface area (Å²) in [5.74, 6) is 1.31. The molecule has 0 bridgehead atoms. The van der Waals surface area contributed by atoms with Crippen LogP contribution >= 0.6 is 0 Å². The lowest BCUT2D eigenvalue weighted by molar-refractivity contribution is 0.609. The van der Waals surface area contributed by atoms with Crippen molar-refractivity contribution in [3.05, 3.63) is 17.0 Å². The molecule has 0 saturated heterocycles. The third kappa shape index (κ3) is 2.27. The van der Waals surface area contributed by atoms with Crippen molar-refractivity contribution in [1.82, 2.24) is 15.3 Å². The fraction of sp³-hybridized carbons (Fsp3) is 0.692. The largest absolute Gasteiger partial charge is 0.351 e. The Morgan fingerprint density at radius 1 is 1.29 bits per heavy atom. The second kappa shape index (κ2) is 4.26. The summed E-state index contributed by atoms with van der Waals surface area (Å²) in [4.78, 5) is 9.38. The highest BCUT2D eigenvalue weighted by Gasteiger charge is 2.24. The van der Waals surface area contributed by atoms with Gasteiger partial charge in [0.15, 0.2) is 0 Å². The van der Waals surface area contributed by atoms with Crippen molar-refractivity contribution >= 4 is 5.95 Å². The number of hydrogen-bond acceptors (Lipinski definition) is 4. The normalized spacial score (nSPS) is 19.2. The molecule has 17 heavy (non-hydrogen) atoms. The van der Waals surface area contributed by atoms with Crippen molar-refractivity contribution < 1.29 is 0 Å². The van der Waals surface area contributed by atoms with Crippen molar-refractivity contribution in [2.75, 3.05) is 11.9 Å². The predicted octanol–water partition coefficient (Wildman–Crippen LogP) is 1.82. The highest BCUT2D eigenvalue weighted by atomic mass is 15.1. The van der Waals surface area contributed by atoms with Crippen molar-refractivity contribution in [3.8, 4) is 0 Å². The van der Waals surface area contributed by atoms with Gasteiger partial charge in [-0.2, -0.15) is 0 Å². The monoisotopic (exact) mass is 232 g/mol. The molecule has 0 unspecified atom stereocenters. The molecule has 1 aliphatic carbocycles. The zero-order chi connectivity index (χ0) is 11.8. The minimum atomic E-state index is 0.464. The Kier molecular flexibility index (Phi) is 2.74. The molecule has 0 radical (unpaired) electrons. The van der Waals surface area contributed by atoms with Crippen LogP contribution < -0.4 is 10.6 Å². The second-order valence-electron chi connectivity index (χ2n) is 5.36. The molecule has 3 rings (SSSR count). The van der Waals surface area contributed by atoms with Gasteiger partial charge in [0, 0.05) is 31.1 Å². The van der Waals surface area contributed by atoms with Crippen LogP contribution in [-0.4, -0.2) is 22.6 Å². The molecule has 2 heterocycles. The Bertz CT molecular complexity index is 424. The molecule has 2 N–H and O–H groups in total. The minimum Gasteiger partial charge on any atom is -0.351 e. The van der Waals surface area contributed by atoms with Crippen molar-refractivity contribution in [2.24, 2.45) is 0 Å². The van der Waals surface area contributed by atoms with Gasteiger partial charge in [0.2, 0.25) is 5.95 Å². The van der Waals surface area contributed by atoms with Gasteiger partial charge in [-0.25, -0.2) is 9.97 Å². The lowest BCUT2D eigenvalue weighted by Gasteiger charge is -2.21. The lowest BCUT2D eigenvalue weighted by atomic mass is 9.99. The number of hydrogen-bond donors (Lipinski definition) is 2. The van der Waals surface area contributed by atoms with Gasteiger partial charge in [-0.15, -0.1) is 0 Å². The average Bonchev–Trinajstić information content (AvgIpc) is 3.11. The van der Waals surface area contributed by atoms with Crippen LogP contribution in [0.5, 0.6) is 0 Å². The highest BCUT2D eigenvalue weighted by molar-refractivity contribution is 5.38. The van der Waals surface area contributed by atoms with Gasteiger partial charge in [-0.1, -0.05) is 13.8 Å². The van der Waals surface area contributed by atoms with Crippen LogP contribution in [0.3, 0.4) is 0 Å². The van der Waals surface area contributed by atoms with Crippen LogP contribution in [0.1, 0.15) is 49.6 Å². The van der Waals surface area contributed by atoms with Gasteiger partial charge in [-0.05, 0) is 18.8 Å². The molecule has 0 atom stereocenters. The number of rotatable bonds is 3. The summed E-state index contributed by atoms with van der Waals surface area (Å²) in [6.07, 6.45) is 3.55. The zero-order valence-electron chi connectivity index (χ0n) is 10.6. The van der Waals surface area contributed by atoms with Crippen LogP contribution in [0.2, 0.25) is 0 Å². The SMILES string of the molecule is CC(C)c1nc(NC2CC2)nc2c1CNCC2. The van der Waals surface area contributed by atoms with Gasteiger partial charge in [0.25, 0.3) is 0 Å². The molecule has 0 spiro atoms. The molecular formula is C13H20N4. The van der Waals surface area contributed by atoms with Crippen molar-refractivity contribution in [2.45, 2.75) is 51.6 Å². The number of fused-ring (bicyclic) bond motifs is 1. The molecule has 1 fully saturated rings. The summed E-state index contributed by atoms with van der Waals surface area (Å²) < 4.78 is 0. The quantitative estimate of drug-likeness (QED) is 0.834. The number of nitrogens with zero attached hydrogens (tertiary/aromatic N) is 2. The molecule has 4 heteroatoms. The van der Waals surface area contributed by atoms with E-state index in [0.717, 1.165) is 25.5 Å². The highest BCUT2D eigenvalue weighted by Crippen LogP contribution is 2.27. The Morgan fingerprint density at radius 3 is 2.82 bits per heavy atom. The first-order valence-corrected chi connectivity index (χ1v) is 6.61. The third-order valence-electron chi connectivity index (χ3n) is 3.42. The van der Waals surface area contributed by atoms with E-state index in [1.807, 2.05) is 0 Å². The molecule has 1 saturated carbocycles. The van der Waals surface area contributed by atoms with E-state index < -0.39 is 0 Å². The van der Waals surface area contributed by atoms with Crippen molar-refractivity contribution in [1.29, 1.82) is 0 Å². The molecule has 1 aromatic rings. The molecule has 0 aromatic carbocycles. The summed E-state index contributed by atoms with van der Waals surface area (Å²) in [6, 6.07) is 0.620. The Hall–Kier alpha value is -1.16. The summed E-state index contributed by atoms with van der Waals surface area (Å²) >= 11 is 0. The maximum atomic E-state index is 4.70. The summed E-state index contributed by atoms with van der Waals surface area (Å²) in [5.41, 5.74) is 3.78. The summed E-state index contributed by atoms with van der Waals surface area (Å²) in [6.45, 7) is 6.37. The number of aromatic nitrogens is 2. The predicted molar refractivity (Wildman–Crippen MR) is 68.2 cm³/mol. The second-order valence-corrected chi connectivity index (χ2v) is 5.36. The molecule has 92 valence electrons. The molecule has 1 aromatic heterocycles. The van der Waals surface area contributed by atoms with E-state index in [0.29, 0.717) is 12.0 Å². The van der Waals surface area contributed by atoms with Gasteiger partial charge in [0.1, 0.15) is 0 Å². The zero-order valence-corrected chi connectivity index (χ0v) is 10.6. The number of anilines is 1. The molecule has 0 amide bonds. The summed E-state index contributed by atoms with van der Waals surface area (Å²) in [5, 5.41) is 6.83. The topological polar surface area (TPSA) is 49.8 Å². The van der Waals surface area contributed by atoms with Gasteiger partial charge >= 0.3 is 0 Å². The Labute approximate surface area is 102 Å².